The summed E-state index contributed by atoms with van der Waals surface area (Å²) in [5, 5.41) is 14.6. The van der Waals surface area contributed by atoms with Gasteiger partial charge in [0.1, 0.15) is 5.76 Å². The number of β-amino-alcohol motifs (C(OH)–C–C–N with tert-alkyl or cyclic N) is 1. The molecule has 1 saturated carbocycles. The van der Waals surface area contributed by atoms with E-state index < -0.39 is 0 Å². The van der Waals surface area contributed by atoms with Gasteiger partial charge in [-0.2, -0.15) is 0 Å². The van der Waals surface area contributed by atoms with Crippen molar-refractivity contribution in [2.45, 2.75) is 50.3 Å². The highest BCUT2D eigenvalue weighted by Crippen LogP contribution is 2.40. The number of aromatic nitrogens is 1. The summed E-state index contributed by atoms with van der Waals surface area (Å²) in [6, 6.07) is 2.66. The monoisotopic (exact) mass is 321 g/mol. The van der Waals surface area contributed by atoms with E-state index in [0.717, 1.165) is 63.7 Å². The van der Waals surface area contributed by atoms with Crippen LogP contribution in [0.4, 0.5) is 0 Å². The van der Waals surface area contributed by atoms with Crippen LogP contribution in [0.15, 0.2) is 10.6 Å². The topological polar surface area (TPSA) is 62.0 Å². The first-order chi connectivity index (χ1) is 11.3. The first kappa shape index (κ1) is 15.6. The third-order valence-corrected chi connectivity index (χ3v) is 5.27. The molecule has 0 aromatic carbocycles. The molecule has 3 heterocycles. The summed E-state index contributed by atoms with van der Waals surface area (Å²) >= 11 is 0. The Labute approximate surface area is 137 Å². The lowest BCUT2D eigenvalue weighted by Gasteiger charge is -2.33. The van der Waals surface area contributed by atoms with Gasteiger partial charge in [0.15, 0.2) is 0 Å². The zero-order valence-corrected chi connectivity index (χ0v) is 13.7. The lowest BCUT2D eigenvalue weighted by Crippen LogP contribution is -2.43. The number of aliphatic hydroxyl groups excluding tert-OH is 1. The molecule has 0 amide bonds. The van der Waals surface area contributed by atoms with Gasteiger partial charge in [-0.3, -0.25) is 9.80 Å². The Hall–Kier alpha value is -0.950. The van der Waals surface area contributed by atoms with Gasteiger partial charge in [-0.05, 0) is 25.7 Å². The van der Waals surface area contributed by atoms with E-state index >= 15 is 0 Å². The number of aliphatic hydroxyl groups is 1. The Morgan fingerprint density at radius 3 is 2.74 bits per heavy atom. The fourth-order valence-corrected chi connectivity index (χ4v) is 3.80. The van der Waals surface area contributed by atoms with Gasteiger partial charge in [0, 0.05) is 64.0 Å². The molecule has 1 aromatic heterocycles. The van der Waals surface area contributed by atoms with Crippen molar-refractivity contribution in [2.75, 3.05) is 39.4 Å². The predicted octanol–water partition coefficient (Wildman–Crippen LogP) is 1.21. The molecule has 128 valence electrons. The second kappa shape index (κ2) is 6.89. The molecule has 2 saturated heterocycles. The van der Waals surface area contributed by atoms with Crippen LogP contribution in [0.1, 0.15) is 43.1 Å². The first-order valence-electron chi connectivity index (χ1n) is 8.95. The smallest absolute Gasteiger partial charge is 0.140 e. The van der Waals surface area contributed by atoms with E-state index in [9.17, 15) is 5.11 Å². The minimum absolute atomic E-state index is 0.296. The van der Waals surface area contributed by atoms with Crippen molar-refractivity contribution in [1.82, 2.24) is 15.0 Å². The van der Waals surface area contributed by atoms with Gasteiger partial charge in [0.05, 0.1) is 11.8 Å². The van der Waals surface area contributed by atoms with Crippen molar-refractivity contribution < 1.29 is 14.4 Å². The number of ether oxygens (including phenoxy) is 1. The molecule has 23 heavy (non-hydrogen) atoms. The molecule has 0 spiro atoms. The molecular formula is C17H27N3O3. The van der Waals surface area contributed by atoms with Crippen molar-refractivity contribution in [3.63, 3.8) is 0 Å². The maximum absolute atomic E-state index is 10.4. The summed E-state index contributed by atoms with van der Waals surface area (Å²) < 4.78 is 10.9. The summed E-state index contributed by atoms with van der Waals surface area (Å²) in [5.74, 6) is 1.65. The average Bonchev–Trinajstić information content (AvgIpc) is 3.34. The summed E-state index contributed by atoms with van der Waals surface area (Å²) in [7, 11) is 0. The Balaban J connectivity index is 1.34. The number of hydrogen-bond acceptors (Lipinski definition) is 6. The first-order valence-corrected chi connectivity index (χ1v) is 8.95. The summed E-state index contributed by atoms with van der Waals surface area (Å²) in [4.78, 5) is 4.75. The molecular weight excluding hydrogens is 294 g/mol. The van der Waals surface area contributed by atoms with Crippen molar-refractivity contribution in [3.8, 4) is 0 Å². The van der Waals surface area contributed by atoms with Gasteiger partial charge in [-0.25, -0.2) is 0 Å². The van der Waals surface area contributed by atoms with E-state index in [2.05, 4.69) is 21.0 Å². The molecule has 3 fully saturated rings. The maximum atomic E-state index is 10.4. The van der Waals surface area contributed by atoms with Gasteiger partial charge in [-0.1, -0.05) is 5.16 Å². The number of hydrogen-bond donors (Lipinski definition) is 1. The van der Waals surface area contributed by atoms with Crippen molar-refractivity contribution in [1.29, 1.82) is 0 Å². The molecule has 6 heteroatoms. The lowest BCUT2D eigenvalue weighted by molar-refractivity contribution is 0.0217. The van der Waals surface area contributed by atoms with Crippen molar-refractivity contribution in [3.05, 3.63) is 17.5 Å². The molecule has 1 aromatic rings. The van der Waals surface area contributed by atoms with Crippen LogP contribution in [0.25, 0.3) is 0 Å². The van der Waals surface area contributed by atoms with Crippen molar-refractivity contribution >= 4 is 0 Å². The summed E-state index contributed by atoms with van der Waals surface area (Å²) in [5.41, 5.74) is 0.999. The highest BCUT2D eigenvalue weighted by Gasteiger charge is 2.30. The SMILES string of the molecule is O[C@H]1CN(Cc2cc(C3CC3)on2)CCN(C2CCOCC2)C1. The average molecular weight is 321 g/mol. The van der Waals surface area contributed by atoms with E-state index in [1.54, 1.807) is 0 Å². The van der Waals surface area contributed by atoms with Gasteiger partial charge < -0.3 is 14.4 Å². The van der Waals surface area contributed by atoms with Crippen LogP contribution in [-0.2, 0) is 11.3 Å². The Bertz CT molecular complexity index is 511. The highest BCUT2D eigenvalue weighted by atomic mass is 16.5. The third kappa shape index (κ3) is 3.94. The van der Waals surface area contributed by atoms with E-state index in [1.165, 1.54) is 12.8 Å². The second-order valence-electron chi connectivity index (χ2n) is 7.22. The lowest BCUT2D eigenvalue weighted by atomic mass is 10.1. The quantitative estimate of drug-likeness (QED) is 0.899. The third-order valence-electron chi connectivity index (χ3n) is 5.27. The predicted molar refractivity (Wildman–Crippen MR) is 85.2 cm³/mol. The van der Waals surface area contributed by atoms with Crippen LogP contribution < -0.4 is 0 Å². The summed E-state index contributed by atoms with van der Waals surface area (Å²) in [6.45, 7) is 5.94. The van der Waals surface area contributed by atoms with Gasteiger partial charge >= 0.3 is 0 Å². The largest absolute Gasteiger partial charge is 0.390 e. The molecule has 1 atom stereocenters. The highest BCUT2D eigenvalue weighted by molar-refractivity contribution is 5.14. The van der Waals surface area contributed by atoms with Crippen LogP contribution >= 0.6 is 0 Å². The molecule has 6 nitrogen and oxygen atoms in total. The Morgan fingerprint density at radius 1 is 1.13 bits per heavy atom. The maximum Gasteiger partial charge on any atom is 0.140 e. The summed E-state index contributed by atoms with van der Waals surface area (Å²) in [6.07, 6.45) is 4.34. The second-order valence-corrected chi connectivity index (χ2v) is 7.22. The van der Waals surface area contributed by atoms with Gasteiger partial charge in [0.2, 0.25) is 0 Å². The molecule has 0 radical (unpaired) electrons. The van der Waals surface area contributed by atoms with Crippen LogP contribution in [0.5, 0.6) is 0 Å². The van der Waals surface area contributed by atoms with Crippen LogP contribution in [0, 0.1) is 0 Å². The normalized spacial score (nSPS) is 28.8. The van der Waals surface area contributed by atoms with Crippen molar-refractivity contribution in [2.24, 2.45) is 0 Å². The van der Waals surface area contributed by atoms with Crippen LogP contribution in [-0.4, -0.2) is 71.6 Å². The molecule has 2 aliphatic heterocycles. The zero-order valence-electron chi connectivity index (χ0n) is 13.7. The van der Waals surface area contributed by atoms with E-state index in [4.69, 9.17) is 9.26 Å². The Morgan fingerprint density at radius 2 is 1.96 bits per heavy atom. The Kier molecular flexibility index (Phi) is 4.66. The minimum Gasteiger partial charge on any atom is -0.390 e. The molecule has 1 aliphatic carbocycles. The van der Waals surface area contributed by atoms with Gasteiger partial charge in [0.25, 0.3) is 0 Å². The molecule has 1 N–H and O–H groups in total. The van der Waals surface area contributed by atoms with E-state index in [0.29, 0.717) is 18.5 Å². The standard InChI is InChI=1S/C17H27N3O3/c21-16-11-19(10-14-9-17(23-18-14)13-1-2-13)5-6-20(12-16)15-3-7-22-8-4-15/h9,13,15-16,21H,1-8,10-12H2/t16-/m0/s1. The molecule has 0 unspecified atom stereocenters. The fourth-order valence-electron chi connectivity index (χ4n) is 3.80. The molecule has 0 bridgehead atoms. The minimum atomic E-state index is -0.296. The molecule has 4 rings (SSSR count). The molecule has 3 aliphatic rings. The fraction of sp³-hybridized carbons (Fsp3) is 0.824. The number of nitrogens with zero attached hydrogens (tertiary/aromatic N) is 3. The van der Waals surface area contributed by atoms with E-state index in [-0.39, 0.29) is 6.10 Å². The van der Waals surface area contributed by atoms with Crippen LogP contribution in [0.3, 0.4) is 0 Å². The zero-order chi connectivity index (χ0) is 15.6. The van der Waals surface area contributed by atoms with Crippen LogP contribution in [0.2, 0.25) is 0 Å². The number of rotatable bonds is 4. The van der Waals surface area contributed by atoms with E-state index in [1.807, 2.05) is 0 Å². The van der Waals surface area contributed by atoms with Gasteiger partial charge in [-0.15, -0.1) is 0 Å².